The second-order valence-corrected chi connectivity index (χ2v) is 5.16. The minimum absolute atomic E-state index is 0.274. The van der Waals surface area contributed by atoms with Gasteiger partial charge in [-0.3, -0.25) is 10.1 Å². The summed E-state index contributed by atoms with van der Waals surface area (Å²) in [5.74, 6) is 0.146. The monoisotopic (exact) mass is 287 g/mol. The van der Waals surface area contributed by atoms with Gasteiger partial charge >= 0.3 is 0 Å². The quantitative estimate of drug-likeness (QED) is 0.681. The lowest BCUT2D eigenvalue weighted by Crippen LogP contribution is -2.13. The van der Waals surface area contributed by atoms with Gasteiger partial charge in [-0.05, 0) is 18.7 Å². The predicted molar refractivity (Wildman–Crippen MR) is 78.9 cm³/mol. The molecule has 2 aromatic heterocycles. The number of hydrogen-bond donors (Lipinski definition) is 3. The van der Waals surface area contributed by atoms with Crippen LogP contribution in [0.3, 0.4) is 0 Å². The van der Waals surface area contributed by atoms with Crippen molar-refractivity contribution in [1.29, 1.82) is 0 Å². The molecule has 0 spiro atoms. The van der Waals surface area contributed by atoms with E-state index < -0.39 is 0 Å². The number of thiazole rings is 1. The first-order valence-corrected chi connectivity index (χ1v) is 7.05. The highest BCUT2D eigenvalue weighted by atomic mass is 32.1. The zero-order chi connectivity index (χ0) is 13.9. The van der Waals surface area contributed by atoms with E-state index in [1.165, 1.54) is 11.3 Å². The van der Waals surface area contributed by atoms with Crippen molar-refractivity contribution in [3.8, 4) is 0 Å². The van der Waals surface area contributed by atoms with Crippen LogP contribution in [0.1, 0.15) is 15.5 Å². The summed E-state index contributed by atoms with van der Waals surface area (Å²) in [5, 5.41) is 5.30. The van der Waals surface area contributed by atoms with Crippen LogP contribution in [0.2, 0.25) is 0 Å². The summed E-state index contributed by atoms with van der Waals surface area (Å²) < 4.78 is 0. The van der Waals surface area contributed by atoms with Crippen molar-refractivity contribution in [1.82, 2.24) is 15.0 Å². The average molecular weight is 287 g/mol. The molecule has 0 radical (unpaired) electrons. The molecule has 0 aliphatic heterocycles. The average Bonchev–Trinajstić information content (AvgIpc) is 3.04. The fourth-order valence-corrected chi connectivity index (χ4v) is 2.63. The van der Waals surface area contributed by atoms with Gasteiger partial charge in [-0.1, -0.05) is 12.1 Å². The first kappa shape index (κ1) is 12.8. The lowest BCUT2D eigenvalue weighted by atomic mass is 10.3. The van der Waals surface area contributed by atoms with Crippen LogP contribution in [-0.4, -0.2) is 27.4 Å². The summed E-state index contributed by atoms with van der Waals surface area (Å²) in [5.41, 5.74) is 7.54. The van der Waals surface area contributed by atoms with E-state index in [1.807, 2.05) is 24.3 Å². The molecule has 0 aliphatic rings. The zero-order valence-corrected chi connectivity index (χ0v) is 11.4. The Kier molecular flexibility index (Phi) is 3.44. The first-order chi connectivity index (χ1) is 9.76. The zero-order valence-electron chi connectivity index (χ0n) is 10.6. The fourth-order valence-electron chi connectivity index (χ4n) is 1.84. The Balaban J connectivity index is 1.77. The molecule has 102 valence electrons. The number of carbonyl (C=O) groups excluding carboxylic acids is 1. The van der Waals surface area contributed by atoms with Gasteiger partial charge in [0.2, 0.25) is 5.95 Å². The largest absolute Gasteiger partial charge is 0.330 e. The van der Waals surface area contributed by atoms with Crippen LogP contribution in [0.15, 0.2) is 29.6 Å². The van der Waals surface area contributed by atoms with Crippen molar-refractivity contribution >= 4 is 34.2 Å². The van der Waals surface area contributed by atoms with Gasteiger partial charge in [-0.15, -0.1) is 11.3 Å². The minimum Gasteiger partial charge on any atom is -0.330 e. The van der Waals surface area contributed by atoms with Crippen LogP contribution >= 0.6 is 11.3 Å². The number of hydrogen-bond acceptors (Lipinski definition) is 5. The van der Waals surface area contributed by atoms with E-state index in [4.69, 9.17) is 5.73 Å². The molecule has 20 heavy (non-hydrogen) atoms. The molecule has 4 N–H and O–H groups in total. The van der Waals surface area contributed by atoms with Crippen LogP contribution in [-0.2, 0) is 6.42 Å². The number of imidazole rings is 1. The smallest absolute Gasteiger partial charge is 0.277 e. The summed E-state index contributed by atoms with van der Waals surface area (Å²) >= 11 is 1.44. The summed E-state index contributed by atoms with van der Waals surface area (Å²) in [7, 11) is 0. The van der Waals surface area contributed by atoms with E-state index in [9.17, 15) is 4.79 Å². The number of H-pyrrole nitrogens is 1. The number of para-hydroxylation sites is 2. The van der Waals surface area contributed by atoms with E-state index in [0.717, 1.165) is 16.0 Å². The van der Waals surface area contributed by atoms with E-state index >= 15 is 0 Å². The standard InChI is InChI=1S/C13H13N5OS/c14-6-5-11-15-10(7-20-11)12(19)18-13-16-8-3-1-2-4-9(8)17-13/h1-4,7H,5-6,14H2,(H2,16,17,18,19). The van der Waals surface area contributed by atoms with E-state index in [1.54, 1.807) is 5.38 Å². The van der Waals surface area contributed by atoms with E-state index in [-0.39, 0.29) is 5.91 Å². The van der Waals surface area contributed by atoms with Crippen molar-refractivity contribution < 1.29 is 4.79 Å². The van der Waals surface area contributed by atoms with Gasteiger partial charge in [0.1, 0.15) is 5.69 Å². The maximum absolute atomic E-state index is 12.1. The Morgan fingerprint density at radius 2 is 2.20 bits per heavy atom. The number of aromatic nitrogens is 3. The van der Waals surface area contributed by atoms with Gasteiger partial charge in [0.25, 0.3) is 5.91 Å². The third-order valence-corrected chi connectivity index (χ3v) is 3.67. The number of rotatable bonds is 4. The Hall–Kier alpha value is -2.25. The van der Waals surface area contributed by atoms with Crippen molar-refractivity contribution in [3.05, 3.63) is 40.3 Å². The van der Waals surface area contributed by atoms with Crippen LogP contribution in [0.5, 0.6) is 0 Å². The highest BCUT2D eigenvalue weighted by molar-refractivity contribution is 7.09. The number of carbonyl (C=O) groups is 1. The van der Waals surface area contributed by atoms with E-state index in [2.05, 4.69) is 20.3 Å². The van der Waals surface area contributed by atoms with Crippen molar-refractivity contribution in [3.63, 3.8) is 0 Å². The normalized spacial score (nSPS) is 10.8. The Morgan fingerprint density at radius 1 is 1.35 bits per heavy atom. The number of benzene rings is 1. The Bertz CT molecular complexity index is 715. The first-order valence-electron chi connectivity index (χ1n) is 6.17. The van der Waals surface area contributed by atoms with Crippen LogP contribution in [0, 0.1) is 0 Å². The summed E-state index contributed by atoms with van der Waals surface area (Å²) in [6.07, 6.45) is 0.683. The second kappa shape index (κ2) is 5.40. The minimum atomic E-state index is -0.274. The highest BCUT2D eigenvalue weighted by Crippen LogP contribution is 2.15. The molecule has 0 atom stereocenters. The molecular formula is C13H13N5OS. The number of nitrogens with zero attached hydrogens (tertiary/aromatic N) is 2. The molecule has 0 saturated carbocycles. The SMILES string of the molecule is NCCc1nc(C(=O)Nc2nc3ccccc3[nH]2)cs1. The molecule has 0 bridgehead atoms. The number of fused-ring (bicyclic) bond motifs is 1. The van der Waals surface area contributed by atoms with Crippen LogP contribution in [0.25, 0.3) is 11.0 Å². The summed E-state index contributed by atoms with van der Waals surface area (Å²) in [4.78, 5) is 23.6. The van der Waals surface area contributed by atoms with Gasteiger partial charge < -0.3 is 10.7 Å². The van der Waals surface area contributed by atoms with Crippen molar-refractivity contribution in [2.24, 2.45) is 5.73 Å². The highest BCUT2D eigenvalue weighted by Gasteiger charge is 2.12. The van der Waals surface area contributed by atoms with Crippen molar-refractivity contribution in [2.45, 2.75) is 6.42 Å². The van der Waals surface area contributed by atoms with Gasteiger partial charge in [-0.2, -0.15) is 0 Å². The van der Waals surface area contributed by atoms with Crippen LogP contribution in [0.4, 0.5) is 5.95 Å². The van der Waals surface area contributed by atoms with Gasteiger partial charge in [0.15, 0.2) is 0 Å². The summed E-state index contributed by atoms with van der Waals surface area (Å²) in [6, 6.07) is 7.59. The molecular weight excluding hydrogens is 274 g/mol. The lowest BCUT2D eigenvalue weighted by molar-refractivity contribution is 0.102. The van der Waals surface area contributed by atoms with E-state index in [0.29, 0.717) is 24.6 Å². The van der Waals surface area contributed by atoms with Crippen molar-refractivity contribution in [2.75, 3.05) is 11.9 Å². The third kappa shape index (κ3) is 2.54. The molecule has 3 rings (SSSR count). The second-order valence-electron chi connectivity index (χ2n) is 4.22. The predicted octanol–water partition coefficient (Wildman–Crippen LogP) is 1.77. The van der Waals surface area contributed by atoms with Gasteiger partial charge in [0, 0.05) is 11.8 Å². The Morgan fingerprint density at radius 3 is 3.00 bits per heavy atom. The molecule has 2 heterocycles. The summed E-state index contributed by atoms with van der Waals surface area (Å²) in [6.45, 7) is 0.526. The number of nitrogens with two attached hydrogens (primary N) is 1. The topological polar surface area (TPSA) is 96.7 Å². The number of amides is 1. The molecule has 1 aromatic carbocycles. The molecule has 0 aliphatic carbocycles. The Labute approximate surface area is 119 Å². The number of anilines is 1. The third-order valence-electron chi connectivity index (χ3n) is 2.76. The molecule has 0 unspecified atom stereocenters. The molecule has 0 saturated heterocycles. The van der Waals surface area contributed by atoms with Gasteiger partial charge in [-0.25, -0.2) is 9.97 Å². The molecule has 1 amide bonds. The maximum atomic E-state index is 12.1. The molecule has 6 nitrogen and oxygen atoms in total. The molecule has 3 aromatic rings. The van der Waals surface area contributed by atoms with Crippen LogP contribution < -0.4 is 11.1 Å². The number of aromatic amines is 1. The molecule has 0 fully saturated rings. The molecule has 7 heteroatoms. The fraction of sp³-hybridized carbons (Fsp3) is 0.154. The lowest BCUT2D eigenvalue weighted by Gasteiger charge is -1.97. The van der Waals surface area contributed by atoms with Gasteiger partial charge in [0.05, 0.1) is 16.0 Å². The number of nitrogens with one attached hydrogen (secondary N) is 2. The maximum Gasteiger partial charge on any atom is 0.277 e.